The van der Waals surface area contributed by atoms with Crippen molar-refractivity contribution >= 4 is 5.97 Å². The molecule has 2 atom stereocenters. The minimum absolute atomic E-state index is 0.346. The van der Waals surface area contributed by atoms with Crippen LogP contribution in [0.3, 0.4) is 0 Å². The van der Waals surface area contributed by atoms with E-state index in [0.29, 0.717) is 24.5 Å². The van der Waals surface area contributed by atoms with Gasteiger partial charge in [-0.05, 0) is 23.3 Å². The first kappa shape index (κ1) is 18.1. The van der Waals surface area contributed by atoms with Gasteiger partial charge in [0.25, 0.3) is 0 Å². The molecule has 144 valence electrons. The van der Waals surface area contributed by atoms with Crippen molar-refractivity contribution in [2.24, 2.45) is 0 Å². The van der Waals surface area contributed by atoms with Gasteiger partial charge in [-0.25, -0.2) is 4.98 Å². The Morgan fingerprint density at radius 3 is 2.79 bits per heavy atom. The van der Waals surface area contributed by atoms with Gasteiger partial charge in [0.15, 0.2) is 11.5 Å². The Morgan fingerprint density at radius 1 is 1.21 bits per heavy atom. The third-order valence-electron chi connectivity index (χ3n) is 4.86. The second kappa shape index (κ2) is 7.74. The van der Waals surface area contributed by atoms with E-state index in [1.807, 2.05) is 48.5 Å². The van der Waals surface area contributed by atoms with Gasteiger partial charge in [-0.1, -0.05) is 36.4 Å². The third-order valence-corrected chi connectivity index (χ3v) is 4.86. The second-order valence-corrected chi connectivity index (χ2v) is 6.65. The summed E-state index contributed by atoms with van der Waals surface area (Å²) in [5.41, 5.74) is 3.55. The average molecular weight is 379 g/mol. The summed E-state index contributed by atoms with van der Waals surface area (Å²) in [4.78, 5) is 19.0. The van der Waals surface area contributed by atoms with Gasteiger partial charge in [-0.15, -0.1) is 0 Å². The van der Waals surface area contributed by atoms with E-state index in [4.69, 9.17) is 9.47 Å². The molecule has 0 radical (unpaired) electrons. The Hall–Kier alpha value is -3.32. The number of H-pyrrole nitrogens is 1. The molecule has 7 heteroatoms. The van der Waals surface area contributed by atoms with Crippen LogP contribution in [0.2, 0.25) is 0 Å². The summed E-state index contributed by atoms with van der Waals surface area (Å²) in [5, 5.41) is 12.6. The van der Waals surface area contributed by atoms with Crippen molar-refractivity contribution in [2.45, 2.75) is 25.1 Å². The van der Waals surface area contributed by atoms with E-state index >= 15 is 0 Å². The average Bonchev–Trinajstić information content (AvgIpc) is 3.21. The molecule has 0 bridgehead atoms. The molecule has 0 spiro atoms. The van der Waals surface area contributed by atoms with Gasteiger partial charge in [-0.2, -0.15) is 0 Å². The molecule has 1 aliphatic rings. The number of hydrogen-bond acceptors (Lipinski definition) is 5. The number of nitrogens with one attached hydrogen (secondary N) is 2. The van der Waals surface area contributed by atoms with Crippen molar-refractivity contribution in [3.8, 4) is 11.5 Å². The fraction of sp³-hybridized carbons (Fsp3) is 0.238. The molecule has 2 heterocycles. The molecule has 4 rings (SSSR count). The first-order valence-electron chi connectivity index (χ1n) is 9.01. The number of rotatable bonds is 6. The van der Waals surface area contributed by atoms with Crippen molar-refractivity contribution in [2.75, 3.05) is 7.11 Å². The highest BCUT2D eigenvalue weighted by Crippen LogP contribution is 2.35. The predicted molar refractivity (Wildman–Crippen MR) is 102 cm³/mol. The number of imidazole rings is 1. The molecule has 28 heavy (non-hydrogen) atoms. The number of carboxylic acid groups (broad SMARTS) is 1. The van der Waals surface area contributed by atoms with E-state index in [0.717, 1.165) is 22.5 Å². The molecule has 7 nitrogen and oxygen atoms in total. The Balaban J connectivity index is 1.64. The summed E-state index contributed by atoms with van der Waals surface area (Å²) < 4.78 is 11.4. The minimum Gasteiger partial charge on any atom is -0.493 e. The smallest absolute Gasteiger partial charge is 0.321 e. The maximum absolute atomic E-state index is 11.5. The number of hydrogen-bond donors (Lipinski definition) is 3. The number of benzene rings is 2. The summed E-state index contributed by atoms with van der Waals surface area (Å²) in [6.07, 6.45) is 1.97. The van der Waals surface area contributed by atoms with E-state index < -0.39 is 12.0 Å². The zero-order valence-electron chi connectivity index (χ0n) is 15.4. The van der Waals surface area contributed by atoms with Crippen LogP contribution < -0.4 is 14.8 Å². The molecule has 0 aliphatic carbocycles. The summed E-state index contributed by atoms with van der Waals surface area (Å²) >= 11 is 0. The Morgan fingerprint density at radius 2 is 2.04 bits per heavy atom. The molecule has 0 saturated heterocycles. The molecular weight excluding hydrogens is 358 g/mol. The third kappa shape index (κ3) is 3.57. The maximum atomic E-state index is 11.5. The van der Waals surface area contributed by atoms with Crippen LogP contribution in [0.15, 0.2) is 54.9 Å². The van der Waals surface area contributed by atoms with E-state index in [9.17, 15) is 9.90 Å². The number of aromatic amines is 1. The summed E-state index contributed by atoms with van der Waals surface area (Å²) in [7, 11) is 1.59. The minimum atomic E-state index is -0.890. The number of carboxylic acids is 1. The van der Waals surface area contributed by atoms with E-state index in [-0.39, 0.29) is 6.04 Å². The highest BCUT2D eigenvalue weighted by atomic mass is 16.5. The van der Waals surface area contributed by atoms with Crippen LogP contribution in [0.1, 0.15) is 28.6 Å². The number of carbonyl (C=O) groups is 1. The molecule has 1 aromatic heterocycles. The van der Waals surface area contributed by atoms with Crippen LogP contribution in [-0.4, -0.2) is 34.2 Å². The number of aliphatic carboxylic acids is 1. The number of nitrogens with zero attached hydrogens (tertiary/aromatic N) is 1. The maximum Gasteiger partial charge on any atom is 0.321 e. The highest BCUT2D eigenvalue weighted by Gasteiger charge is 2.33. The van der Waals surface area contributed by atoms with Gasteiger partial charge in [0.05, 0.1) is 25.2 Å². The standard InChI is InChI=1S/C21H21N3O4/c1-27-17-8-7-14(9-18(17)28-11-13-5-3-2-4-6-13)19-20-15(22-12-23-20)10-16(24-19)21(25)26/h2-9,12,16,19,24H,10-11H2,1H3,(H,22,23)(H,25,26)/t16-,19+/m0/s1. The van der Waals surface area contributed by atoms with Crippen molar-refractivity contribution in [1.82, 2.24) is 15.3 Å². The molecule has 3 aromatic rings. The zero-order chi connectivity index (χ0) is 19.5. The molecule has 0 saturated carbocycles. The van der Waals surface area contributed by atoms with Crippen LogP contribution in [-0.2, 0) is 17.8 Å². The number of fused-ring (bicyclic) bond motifs is 1. The topological polar surface area (TPSA) is 96.5 Å². The fourth-order valence-electron chi connectivity index (χ4n) is 3.42. The number of aromatic nitrogens is 2. The van der Waals surface area contributed by atoms with Gasteiger partial charge < -0.3 is 19.6 Å². The van der Waals surface area contributed by atoms with Gasteiger partial charge in [0.1, 0.15) is 12.6 Å². The van der Waals surface area contributed by atoms with Crippen LogP contribution >= 0.6 is 0 Å². The van der Waals surface area contributed by atoms with Crippen LogP contribution in [0, 0.1) is 0 Å². The van der Waals surface area contributed by atoms with Crippen molar-refractivity contribution < 1.29 is 19.4 Å². The molecule has 0 fully saturated rings. The van der Waals surface area contributed by atoms with Gasteiger partial charge in [0, 0.05) is 12.1 Å². The van der Waals surface area contributed by atoms with Crippen molar-refractivity contribution in [1.29, 1.82) is 0 Å². The first-order valence-corrected chi connectivity index (χ1v) is 9.01. The quantitative estimate of drug-likeness (QED) is 0.609. The molecule has 3 N–H and O–H groups in total. The zero-order valence-corrected chi connectivity index (χ0v) is 15.4. The Kier molecular flexibility index (Phi) is 4.99. The molecule has 0 amide bonds. The largest absolute Gasteiger partial charge is 0.493 e. The summed E-state index contributed by atoms with van der Waals surface area (Å²) in [6, 6.07) is 14.4. The van der Waals surface area contributed by atoms with Gasteiger partial charge in [0.2, 0.25) is 0 Å². The van der Waals surface area contributed by atoms with E-state index in [1.54, 1.807) is 13.4 Å². The Bertz CT molecular complexity index is 971. The first-order chi connectivity index (χ1) is 13.7. The van der Waals surface area contributed by atoms with Crippen LogP contribution in [0.25, 0.3) is 0 Å². The lowest BCUT2D eigenvalue weighted by molar-refractivity contribution is -0.139. The SMILES string of the molecule is COc1ccc([C@H]2N[C@H](C(=O)O)Cc3[nH]cnc32)cc1OCc1ccccc1. The highest BCUT2D eigenvalue weighted by molar-refractivity contribution is 5.74. The van der Waals surface area contributed by atoms with Crippen LogP contribution in [0.4, 0.5) is 0 Å². The summed E-state index contributed by atoms with van der Waals surface area (Å²) in [6.45, 7) is 0.407. The molecule has 1 aliphatic heterocycles. The lowest BCUT2D eigenvalue weighted by Crippen LogP contribution is -2.45. The van der Waals surface area contributed by atoms with Crippen LogP contribution in [0.5, 0.6) is 11.5 Å². The fourth-order valence-corrected chi connectivity index (χ4v) is 3.42. The molecular formula is C21H21N3O4. The van der Waals surface area contributed by atoms with Crippen molar-refractivity contribution in [3.63, 3.8) is 0 Å². The monoisotopic (exact) mass is 379 g/mol. The molecule has 0 unspecified atom stereocenters. The van der Waals surface area contributed by atoms with E-state index in [1.165, 1.54) is 0 Å². The lowest BCUT2D eigenvalue weighted by atomic mass is 9.94. The Labute approximate surface area is 162 Å². The molecule has 2 aromatic carbocycles. The van der Waals surface area contributed by atoms with Gasteiger partial charge in [-0.3, -0.25) is 10.1 Å². The predicted octanol–water partition coefficient (Wildman–Crippen LogP) is 2.69. The lowest BCUT2D eigenvalue weighted by Gasteiger charge is -2.28. The second-order valence-electron chi connectivity index (χ2n) is 6.65. The summed E-state index contributed by atoms with van der Waals surface area (Å²) in [5.74, 6) is 0.326. The van der Waals surface area contributed by atoms with Crippen molar-refractivity contribution in [3.05, 3.63) is 77.4 Å². The van der Waals surface area contributed by atoms with E-state index in [2.05, 4.69) is 15.3 Å². The number of methoxy groups -OCH3 is 1. The van der Waals surface area contributed by atoms with Gasteiger partial charge >= 0.3 is 5.97 Å². The normalized spacial score (nSPS) is 18.3. The number of ether oxygens (including phenoxy) is 2.